The molecule has 0 bridgehead atoms. The fourth-order valence-corrected chi connectivity index (χ4v) is 1.70. The summed E-state index contributed by atoms with van der Waals surface area (Å²) in [6, 6.07) is 6.87. The smallest absolute Gasteiger partial charge is 0.272 e. The van der Waals surface area contributed by atoms with Crippen LogP contribution in [0.2, 0.25) is 0 Å². The molecule has 0 aromatic carbocycles. The van der Waals surface area contributed by atoms with Crippen molar-refractivity contribution in [1.82, 2.24) is 9.88 Å². The van der Waals surface area contributed by atoms with E-state index in [1.807, 2.05) is 6.07 Å². The molecule has 4 nitrogen and oxygen atoms in total. The van der Waals surface area contributed by atoms with Gasteiger partial charge in [-0.15, -0.1) is 0 Å². The van der Waals surface area contributed by atoms with Gasteiger partial charge in [0.1, 0.15) is 17.5 Å². The Bertz CT molecular complexity index is 416. The molecule has 0 N–H and O–H groups in total. The van der Waals surface area contributed by atoms with E-state index < -0.39 is 0 Å². The van der Waals surface area contributed by atoms with Crippen molar-refractivity contribution in [2.75, 3.05) is 13.1 Å². The number of nitriles is 1. The summed E-state index contributed by atoms with van der Waals surface area (Å²) in [6.07, 6.45) is 2.12. The van der Waals surface area contributed by atoms with E-state index in [0.717, 1.165) is 25.9 Å². The lowest BCUT2D eigenvalue weighted by Gasteiger charge is -2.14. The van der Waals surface area contributed by atoms with E-state index in [4.69, 9.17) is 5.26 Å². The molecule has 0 radical (unpaired) electrons. The molecule has 0 aliphatic carbocycles. The van der Waals surface area contributed by atoms with Crippen LogP contribution in [0.15, 0.2) is 18.2 Å². The SMILES string of the molecule is N#Cc1cccc(C(=O)N2CCCC2)n1. The van der Waals surface area contributed by atoms with Crippen molar-refractivity contribution in [1.29, 1.82) is 5.26 Å². The van der Waals surface area contributed by atoms with Crippen LogP contribution in [-0.4, -0.2) is 28.9 Å². The average molecular weight is 201 g/mol. The summed E-state index contributed by atoms with van der Waals surface area (Å²) in [5.41, 5.74) is 0.663. The number of aromatic nitrogens is 1. The molecule has 1 saturated heterocycles. The maximum absolute atomic E-state index is 11.9. The lowest BCUT2D eigenvalue weighted by molar-refractivity contribution is 0.0787. The van der Waals surface area contributed by atoms with Crippen LogP contribution in [0.5, 0.6) is 0 Å². The average Bonchev–Trinajstić information content (AvgIpc) is 2.81. The third kappa shape index (κ3) is 1.96. The van der Waals surface area contributed by atoms with E-state index in [1.165, 1.54) is 0 Å². The van der Waals surface area contributed by atoms with Gasteiger partial charge in [-0.05, 0) is 25.0 Å². The zero-order valence-corrected chi connectivity index (χ0v) is 8.31. The predicted molar refractivity (Wildman–Crippen MR) is 54.1 cm³/mol. The van der Waals surface area contributed by atoms with Crippen molar-refractivity contribution in [2.24, 2.45) is 0 Å². The first kappa shape index (κ1) is 9.66. The van der Waals surface area contributed by atoms with Crippen molar-refractivity contribution >= 4 is 5.91 Å². The molecule has 1 amide bonds. The maximum atomic E-state index is 11.9. The highest BCUT2D eigenvalue weighted by Crippen LogP contribution is 2.11. The van der Waals surface area contributed by atoms with Gasteiger partial charge in [-0.2, -0.15) is 5.26 Å². The van der Waals surface area contributed by atoms with Crippen LogP contribution in [0.25, 0.3) is 0 Å². The van der Waals surface area contributed by atoms with Crippen LogP contribution in [-0.2, 0) is 0 Å². The minimum absolute atomic E-state index is 0.0652. The molecule has 0 atom stereocenters. The Kier molecular flexibility index (Phi) is 2.64. The van der Waals surface area contributed by atoms with Gasteiger partial charge in [-0.1, -0.05) is 6.07 Å². The van der Waals surface area contributed by atoms with Crippen molar-refractivity contribution in [3.63, 3.8) is 0 Å². The largest absolute Gasteiger partial charge is 0.337 e. The molecular formula is C11H11N3O. The van der Waals surface area contributed by atoms with E-state index in [-0.39, 0.29) is 5.91 Å². The second kappa shape index (κ2) is 4.09. The highest BCUT2D eigenvalue weighted by molar-refractivity contribution is 5.92. The van der Waals surface area contributed by atoms with Gasteiger partial charge in [-0.25, -0.2) is 4.98 Å². The van der Waals surface area contributed by atoms with E-state index in [1.54, 1.807) is 23.1 Å². The van der Waals surface area contributed by atoms with Crippen LogP contribution in [0.3, 0.4) is 0 Å². The minimum atomic E-state index is -0.0652. The van der Waals surface area contributed by atoms with Crippen LogP contribution in [0.1, 0.15) is 29.0 Å². The molecule has 1 aliphatic heterocycles. The van der Waals surface area contributed by atoms with Gasteiger partial charge in [0.15, 0.2) is 0 Å². The lowest BCUT2D eigenvalue weighted by Crippen LogP contribution is -2.28. The third-order valence-corrected chi connectivity index (χ3v) is 2.48. The number of likely N-dealkylation sites (tertiary alicyclic amines) is 1. The third-order valence-electron chi connectivity index (χ3n) is 2.48. The summed E-state index contributed by atoms with van der Waals surface area (Å²) in [7, 11) is 0. The summed E-state index contributed by atoms with van der Waals surface area (Å²) in [6.45, 7) is 1.61. The molecule has 0 spiro atoms. The normalized spacial score (nSPS) is 15.0. The highest BCUT2D eigenvalue weighted by Gasteiger charge is 2.20. The second-order valence-corrected chi connectivity index (χ2v) is 3.52. The molecule has 1 aromatic heterocycles. The number of pyridine rings is 1. The Morgan fingerprint density at radius 1 is 1.40 bits per heavy atom. The van der Waals surface area contributed by atoms with E-state index in [0.29, 0.717) is 11.4 Å². The standard InChI is InChI=1S/C11H11N3O/c12-8-9-4-3-5-10(13-9)11(15)14-6-1-2-7-14/h3-5H,1-2,6-7H2. The van der Waals surface area contributed by atoms with Gasteiger partial charge in [-0.3, -0.25) is 4.79 Å². The van der Waals surface area contributed by atoms with Gasteiger partial charge >= 0.3 is 0 Å². The van der Waals surface area contributed by atoms with Gasteiger partial charge in [0.25, 0.3) is 5.91 Å². The van der Waals surface area contributed by atoms with Crippen LogP contribution < -0.4 is 0 Å². The molecule has 2 heterocycles. The molecule has 2 rings (SSSR count). The molecule has 76 valence electrons. The van der Waals surface area contributed by atoms with E-state index in [2.05, 4.69) is 4.98 Å². The first-order chi connectivity index (χ1) is 7.31. The van der Waals surface area contributed by atoms with Crippen molar-refractivity contribution < 1.29 is 4.79 Å². The number of nitrogens with zero attached hydrogens (tertiary/aromatic N) is 3. The Labute approximate surface area is 88.1 Å². The Morgan fingerprint density at radius 2 is 2.13 bits per heavy atom. The van der Waals surface area contributed by atoms with Crippen LogP contribution in [0.4, 0.5) is 0 Å². The Morgan fingerprint density at radius 3 is 2.80 bits per heavy atom. The van der Waals surface area contributed by atoms with E-state index in [9.17, 15) is 4.79 Å². The quantitative estimate of drug-likeness (QED) is 0.685. The predicted octanol–water partition coefficient (Wildman–Crippen LogP) is 1.19. The molecule has 15 heavy (non-hydrogen) atoms. The molecule has 0 saturated carbocycles. The zero-order chi connectivity index (χ0) is 10.7. The molecule has 1 fully saturated rings. The highest BCUT2D eigenvalue weighted by atomic mass is 16.2. The summed E-state index contributed by atoms with van der Waals surface area (Å²) in [5, 5.41) is 8.67. The number of carbonyl (C=O) groups excluding carboxylic acids is 1. The van der Waals surface area contributed by atoms with Gasteiger partial charge < -0.3 is 4.90 Å². The fourth-order valence-electron chi connectivity index (χ4n) is 1.70. The molecule has 0 unspecified atom stereocenters. The number of hydrogen-bond acceptors (Lipinski definition) is 3. The first-order valence-corrected chi connectivity index (χ1v) is 4.98. The monoisotopic (exact) mass is 201 g/mol. The summed E-state index contributed by atoms with van der Waals surface area (Å²) >= 11 is 0. The molecule has 4 heteroatoms. The van der Waals surface area contributed by atoms with Crippen molar-refractivity contribution in [3.8, 4) is 6.07 Å². The first-order valence-electron chi connectivity index (χ1n) is 4.98. The second-order valence-electron chi connectivity index (χ2n) is 3.52. The molecular weight excluding hydrogens is 190 g/mol. The van der Waals surface area contributed by atoms with Crippen molar-refractivity contribution in [2.45, 2.75) is 12.8 Å². The number of hydrogen-bond donors (Lipinski definition) is 0. The van der Waals surface area contributed by atoms with Crippen molar-refractivity contribution in [3.05, 3.63) is 29.6 Å². The molecule has 1 aliphatic rings. The van der Waals surface area contributed by atoms with Crippen LogP contribution in [0, 0.1) is 11.3 Å². The number of rotatable bonds is 1. The van der Waals surface area contributed by atoms with Gasteiger partial charge in [0.2, 0.25) is 0 Å². The fraction of sp³-hybridized carbons (Fsp3) is 0.364. The number of carbonyl (C=O) groups is 1. The zero-order valence-electron chi connectivity index (χ0n) is 8.31. The van der Waals surface area contributed by atoms with E-state index >= 15 is 0 Å². The number of amides is 1. The van der Waals surface area contributed by atoms with Gasteiger partial charge in [0, 0.05) is 13.1 Å². The summed E-state index contributed by atoms with van der Waals surface area (Å²) < 4.78 is 0. The summed E-state index contributed by atoms with van der Waals surface area (Å²) in [4.78, 5) is 17.6. The van der Waals surface area contributed by atoms with Crippen LogP contribution >= 0.6 is 0 Å². The Balaban J connectivity index is 2.21. The Hall–Kier alpha value is -1.89. The summed E-state index contributed by atoms with van der Waals surface area (Å²) in [5.74, 6) is -0.0652. The maximum Gasteiger partial charge on any atom is 0.272 e. The lowest BCUT2D eigenvalue weighted by atomic mass is 10.3. The molecule has 1 aromatic rings. The van der Waals surface area contributed by atoms with Gasteiger partial charge in [0.05, 0.1) is 0 Å². The minimum Gasteiger partial charge on any atom is -0.337 e. The topological polar surface area (TPSA) is 57.0 Å².